The monoisotopic (exact) mass is 153 g/mol. The third-order valence-electron chi connectivity index (χ3n) is 3.51. The lowest BCUT2D eigenvalue weighted by atomic mass is 9.92. The predicted molar refractivity (Wildman–Crippen MR) is 42.5 cm³/mol. The van der Waals surface area contributed by atoms with Crippen LogP contribution in [0.4, 0.5) is 0 Å². The molecule has 0 aromatic heterocycles. The smallest absolute Gasteiger partial charge is 0.0943 e. The zero-order chi connectivity index (χ0) is 7.31. The van der Waals surface area contributed by atoms with Gasteiger partial charge in [0.2, 0.25) is 0 Å². The third-order valence-corrected chi connectivity index (χ3v) is 3.51. The van der Waals surface area contributed by atoms with Crippen LogP contribution in [0.15, 0.2) is 0 Å². The highest BCUT2D eigenvalue weighted by Gasteiger charge is 2.50. The summed E-state index contributed by atoms with van der Waals surface area (Å²) in [6.07, 6.45) is 5.46. The maximum absolute atomic E-state index is 5.52. The highest BCUT2D eigenvalue weighted by Crippen LogP contribution is 2.43. The molecule has 0 aromatic carbocycles. The van der Waals surface area contributed by atoms with Crippen molar-refractivity contribution in [3.63, 3.8) is 0 Å². The van der Waals surface area contributed by atoms with Crippen LogP contribution in [0.3, 0.4) is 0 Å². The van der Waals surface area contributed by atoms with Crippen LogP contribution in [0.25, 0.3) is 0 Å². The normalized spacial score (nSPS) is 49.6. The van der Waals surface area contributed by atoms with E-state index in [1.165, 1.54) is 38.8 Å². The van der Waals surface area contributed by atoms with Crippen molar-refractivity contribution in [2.45, 2.75) is 37.3 Å². The number of rotatable bonds is 0. The number of piperidine rings is 1. The Bertz CT molecular complexity index is 176. The first-order chi connectivity index (χ1) is 5.38. The van der Waals surface area contributed by atoms with Crippen molar-refractivity contribution in [3.05, 3.63) is 0 Å². The number of epoxide rings is 1. The molecule has 0 unspecified atom stereocenters. The molecule has 0 aromatic rings. The lowest BCUT2D eigenvalue weighted by Crippen LogP contribution is -2.41. The minimum Gasteiger partial charge on any atom is -0.369 e. The highest BCUT2D eigenvalue weighted by atomic mass is 16.6. The molecule has 3 aliphatic heterocycles. The van der Waals surface area contributed by atoms with Crippen molar-refractivity contribution in [3.8, 4) is 0 Å². The lowest BCUT2D eigenvalue weighted by molar-refractivity contribution is 0.119. The Balaban J connectivity index is 1.75. The maximum atomic E-state index is 5.52. The van der Waals surface area contributed by atoms with Gasteiger partial charge in [-0.1, -0.05) is 0 Å². The molecule has 11 heavy (non-hydrogen) atoms. The quantitative estimate of drug-likeness (QED) is 0.483. The van der Waals surface area contributed by atoms with E-state index in [9.17, 15) is 0 Å². The summed E-state index contributed by atoms with van der Waals surface area (Å²) in [6, 6.07) is 0.881. The Labute approximate surface area is 67.5 Å². The van der Waals surface area contributed by atoms with Gasteiger partial charge in [-0.05, 0) is 32.2 Å². The molecule has 0 radical (unpaired) electrons. The van der Waals surface area contributed by atoms with E-state index < -0.39 is 0 Å². The SMILES string of the molecule is C1C[C@H]2C[C@@]3(CCN2C1)CO3. The topological polar surface area (TPSA) is 15.8 Å². The molecule has 1 spiro atoms. The molecule has 2 nitrogen and oxygen atoms in total. The van der Waals surface area contributed by atoms with Gasteiger partial charge in [0.1, 0.15) is 0 Å². The summed E-state index contributed by atoms with van der Waals surface area (Å²) in [7, 11) is 0. The summed E-state index contributed by atoms with van der Waals surface area (Å²) in [6.45, 7) is 3.70. The summed E-state index contributed by atoms with van der Waals surface area (Å²) in [5.41, 5.74) is 0.380. The number of ether oxygens (including phenoxy) is 1. The average Bonchev–Trinajstić information content (AvgIpc) is 2.63. The number of hydrogen-bond acceptors (Lipinski definition) is 2. The Hall–Kier alpha value is -0.0800. The molecular weight excluding hydrogens is 138 g/mol. The van der Waals surface area contributed by atoms with Gasteiger partial charge >= 0.3 is 0 Å². The van der Waals surface area contributed by atoms with Crippen molar-refractivity contribution in [2.75, 3.05) is 19.7 Å². The van der Waals surface area contributed by atoms with E-state index in [4.69, 9.17) is 4.74 Å². The van der Waals surface area contributed by atoms with Crippen LogP contribution >= 0.6 is 0 Å². The fourth-order valence-electron chi connectivity index (χ4n) is 2.66. The number of fused-ring (bicyclic) bond motifs is 1. The van der Waals surface area contributed by atoms with Crippen molar-refractivity contribution >= 4 is 0 Å². The minimum absolute atomic E-state index is 0.380. The van der Waals surface area contributed by atoms with E-state index in [-0.39, 0.29) is 0 Å². The van der Waals surface area contributed by atoms with Crippen LogP contribution in [0, 0.1) is 0 Å². The number of nitrogens with zero attached hydrogens (tertiary/aromatic N) is 1. The van der Waals surface area contributed by atoms with Crippen LogP contribution < -0.4 is 0 Å². The molecule has 2 heteroatoms. The van der Waals surface area contributed by atoms with E-state index in [0.717, 1.165) is 12.6 Å². The zero-order valence-electron chi connectivity index (χ0n) is 6.88. The highest BCUT2D eigenvalue weighted by molar-refractivity contribution is 5.02. The molecule has 62 valence electrons. The van der Waals surface area contributed by atoms with E-state index in [1.54, 1.807) is 0 Å². The second-order valence-electron chi connectivity index (χ2n) is 4.26. The van der Waals surface area contributed by atoms with E-state index in [1.807, 2.05) is 0 Å². The molecule has 0 bridgehead atoms. The average molecular weight is 153 g/mol. The van der Waals surface area contributed by atoms with E-state index in [0.29, 0.717) is 5.60 Å². The second kappa shape index (κ2) is 1.99. The van der Waals surface area contributed by atoms with Crippen LogP contribution in [0.2, 0.25) is 0 Å². The van der Waals surface area contributed by atoms with Gasteiger partial charge in [0, 0.05) is 12.6 Å². The van der Waals surface area contributed by atoms with Crippen LogP contribution in [-0.2, 0) is 4.74 Å². The van der Waals surface area contributed by atoms with Crippen molar-refractivity contribution in [2.24, 2.45) is 0 Å². The third kappa shape index (κ3) is 0.926. The second-order valence-corrected chi connectivity index (χ2v) is 4.26. The summed E-state index contributed by atoms with van der Waals surface area (Å²) in [5.74, 6) is 0. The van der Waals surface area contributed by atoms with Crippen LogP contribution in [-0.4, -0.2) is 36.2 Å². The van der Waals surface area contributed by atoms with Gasteiger partial charge in [-0.15, -0.1) is 0 Å². The molecule has 0 amide bonds. The number of hydrogen-bond donors (Lipinski definition) is 0. The molecule has 0 saturated carbocycles. The maximum Gasteiger partial charge on any atom is 0.0943 e. The van der Waals surface area contributed by atoms with Crippen LogP contribution in [0.5, 0.6) is 0 Å². The Morgan fingerprint density at radius 1 is 1.36 bits per heavy atom. The molecule has 2 atom stereocenters. The summed E-state index contributed by atoms with van der Waals surface area (Å²) in [5, 5.41) is 0. The van der Waals surface area contributed by atoms with Gasteiger partial charge in [0.15, 0.2) is 0 Å². The minimum atomic E-state index is 0.380. The molecule has 0 N–H and O–H groups in total. The van der Waals surface area contributed by atoms with Crippen molar-refractivity contribution in [1.82, 2.24) is 4.90 Å². The standard InChI is InChI=1S/C9H15NO/c1-2-8-6-9(7-11-9)3-5-10(8)4-1/h8H,1-7H2/t8-,9-/m0/s1. The van der Waals surface area contributed by atoms with E-state index >= 15 is 0 Å². The molecule has 3 aliphatic rings. The van der Waals surface area contributed by atoms with Gasteiger partial charge in [0.05, 0.1) is 12.2 Å². The summed E-state index contributed by atoms with van der Waals surface area (Å²) in [4.78, 5) is 2.65. The molecule has 0 aliphatic carbocycles. The van der Waals surface area contributed by atoms with Gasteiger partial charge in [-0.2, -0.15) is 0 Å². The zero-order valence-corrected chi connectivity index (χ0v) is 6.88. The first kappa shape index (κ1) is 6.44. The molecule has 3 rings (SSSR count). The fraction of sp³-hybridized carbons (Fsp3) is 1.00. The fourth-order valence-corrected chi connectivity index (χ4v) is 2.66. The Kier molecular flexibility index (Phi) is 1.16. The predicted octanol–water partition coefficient (Wildman–Crippen LogP) is 1.01. The molecule has 3 fully saturated rings. The van der Waals surface area contributed by atoms with Gasteiger partial charge in [0.25, 0.3) is 0 Å². The van der Waals surface area contributed by atoms with Gasteiger partial charge in [-0.25, -0.2) is 0 Å². The lowest BCUT2D eigenvalue weighted by Gasteiger charge is -2.33. The van der Waals surface area contributed by atoms with Gasteiger partial charge < -0.3 is 9.64 Å². The first-order valence-electron chi connectivity index (χ1n) is 4.76. The molecule has 3 heterocycles. The van der Waals surface area contributed by atoms with Crippen molar-refractivity contribution < 1.29 is 4.74 Å². The Morgan fingerprint density at radius 3 is 3.09 bits per heavy atom. The largest absolute Gasteiger partial charge is 0.369 e. The van der Waals surface area contributed by atoms with Gasteiger partial charge in [-0.3, -0.25) is 0 Å². The van der Waals surface area contributed by atoms with Crippen molar-refractivity contribution in [1.29, 1.82) is 0 Å². The first-order valence-corrected chi connectivity index (χ1v) is 4.76. The summed E-state index contributed by atoms with van der Waals surface area (Å²) >= 11 is 0. The molecule has 3 saturated heterocycles. The molecular formula is C9H15NO. The van der Waals surface area contributed by atoms with E-state index in [2.05, 4.69) is 4.90 Å². The summed E-state index contributed by atoms with van der Waals surface area (Å²) < 4.78 is 5.52. The Morgan fingerprint density at radius 2 is 2.27 bits per heavy atom. The van der Waals surface area contributed by atoms with Crippen LogP contribution in [0.1, 0.15) is 25.7 Å².